The molecule has 2 atom stereocenters. The largest absolute Gasteiger partial charge is 0.416 e. The van der Waals surface area contributed by atoms with Crippen LogP contribution in [0.4, 0.5) is 13.2 Å². The van der Waals surface area contributed by atoms with Gasteiger partial charge in [0.15, 0.2) is 0 Å². The Morgan fingerprint density at radius 2 is 1.78 bits per heavy atom. The zero-order valence-electron chi connectivity index (χ0n) is 9.09. The zero-order valence-corrected chi connectivity index (χ0v) is 10.6. The Hall–Kier alpha value is -0.490. The molecule has 0 spiro atoms. The maximum Gasteiger partial charge on any atom is 0.416 e. The van der Waals surface area contributed by atoms with Gasteiger partial charge in [0, 0.05) is 10.9 Å². The molecule has 0 saturated carbocycles. The molecule has 0 heterocycles. The van der Waals surface area contributed by atoms with E-state index in [1.807, 2.05) is 0 Å². The monoisotopic (exact) mass is 302 g/mol. The number of aliphatic hydroxyl groups is 2. The molecule has 18 heavy (non-hydrogen) atoms. The first-order valence-electron chi connectivity index (χ1n) is 5.05. The van der Waals surface area contributed by atoms with Crippen molar-refractivity contribution in [1.29, 1.82) is 0 Å². The van der Waals surface area contributed by atoms with Gasteiger partial charge >= 0.3 is 6.18 Å². The molecule has 7 heteroatoms. The van der Waals surface area contributed by atoms with Crippen LogP contribution in [0.15, 0.2) is 18.2 Å². The zero-order chi connectivity index (χ0) is 13.9. The van der Waals surface area contributed by atoms with Gasteiger partial charge in [-0.2, -0.15) is 13.2 Å². The summed E-state index contributed by atoms with van der Waals surface area (Å²) in [7, 11) is 0. The molecule has 1 aromatic carbocycles. The molecule has 0 aliphatic heterocycles. The van der Waals surface area contributed by atoms with Gasteiger partial charge in [0.2, 0.25) is 0 Å². The van der Waals surface area contributed by atoms with E-state index in [1.54, 1.807) is 0 Å². The molecular formula is C11H11Cl2F3O2. The highest BCUT2D eigenvalue weighted by Crippen LogP contribution is 2.34. The predicted molar refractivity (Wildman–Crippen MR) is 62.8 cm³/mol. The molecule has 0 fully saturated rings. The lowest BCUT2D eigenvalue weighted by Gasteiger charge is -2.19. The van der Waals surface area contributed by atoms with E-state index in [4.69, 9.17) is 23.2 Å². The van der Waals surface area contributed by atoms with E-state index < -0.39 is 23.9 Å². The van der Waals surface area contributed by atoms with Gasteiger partial charge in [0.25, 0.3) is 0 Å². The van der Waals surface area contributed by atoms with Crippen molar-refractivity contribution in [3.8, 4) is 0 Å². The first kappa shape index (κ1) is 15.6. The first-order chi connectivity index (χ1) is 8.25. The molecule has 1 aromatic rings. The summed E-state index contributed by atoms with van der Waals surface area (Å²) in [6.45, 7) is 0. The summed E-state index contributed by atoms with van der Waals surface area (Å²) in [5.74, 6) is 0.0882. The van der Waals surface area contributed by atoms with Gasteiger partial charge in [-0.3, -0.25) is 0 Å². The minimum Gasteiger partial charge on any atom is -0.390 e. The fourth-order valence-electron chi connectivity index (χ4n) is 1.44. The van der Waals surface area contributed by atoms with Crippen LogP contribution in [0.2, 0.25) is 5.02 Å². The van der Waals surface area contributed by atoms with E-state index >= 15 is 0 Å². The fourth-order valence-corrected chi connectivity index (χ4v) is 1.91. The third kappa shape index (κ3) is 4.02. The molecule has 0 aliphatic rings. The number of rotatable bonds is 4. The van der Waals surface area contributed by atoms with Crippen molar-refractivity contribution in [3.05, 3.63) is 34.3 Å². The summed E-state index contributed by atoms with van der Waals surface area (Å²) < 4.78 is 37.6. The molecule has 1 rings (SSSR count). The van der Waals surface area contributed by atoms with Crippen LogP contribution in [-0.2, 0) is 6.18 Å². The maximum absolute atomic E-state index is 12.5. The normalized spacial score (nSPS) is 15.5. The lowest BCUT2D eigenvalue weighted by Crippen LogP contribution is -2.19. The van der Waals surface area contributed by atoms with E-state index in [2.05, 4.69) is 0 Å². The van der Waals surface area contributed by atoms with Crippen molar-refractivity contribution >= 4 is 23.2 Å². The Bertz CT molecular complexity index is 410. The molecule has 0 radical (unpaired) electrons. The molecule has 0 bridgehead atoms. The van der Waals surface area contributed by atoms with Crippen molar-refractivity contribution in [2.75, 3.05) is 5.88 Å². The van der Waals surface area contributed by atoms with Crippen molar-refractivity contribution in [1.82, 2.24) is 0 Å². The van der Waals surface area contributed by atoms with E-state index in [0.29, 0.717) is 0 Å². The highest BCUT2D eigenvalue weighted by Gasteiger charge is 2.32. The Morgan fingerprint density at radius 3 is 2.28 bits per heavy atom. The molecule has 0 amide bonds. The molecule has 102 valence electrons. The van der Waals surface area contributed by atoms with Crippen LogP contribution < -0.4 is 0 Å². The van der Waals surface area contributed by atoms with Crippen molar-refractivity contribution in [3.63, 3.8) is 0 Å². The maximum atomic E-state index is 12.5. The molecule has 0 aliphatic carbocycles. The van der Waals surface area contributed by atoms with E-state index in [1.165, 1.54) is 6.07 Å². The van der Waals surface area contributed by atoms with E-state index in [9.17, 15) is 23.4 Å². The van der Waals surface area contributed by atoms with Gasteiger partial charge in [-0.05, 0) is 30.2 Å². The van der Waals surface area contributed by atoms with Gasteiger partial charge in [-0.15, -0.1) is 11.6 Å². The second kappa shape index (κ2) is 6.10. The molecule has 2 unspecified atom stereocenters. The van der Waals surface area contributed by atoms with Gasteiger partial charge in [-0.25, -0.2) is 0 Å². The fraction of sp³-hybridized carbons (Fsp3) is 0.455. The van der Waals surface area contributed by atoms with Gasteiger partial charge in [0.05, 0.1) is 11.7 Å². The second-order valence-electron chi connectivity index (χ2n) is 3.76. The number of benzene rings is 1. The Balaban J connectivity index is 3.06. The average molecular weight is 303 g/mol. The summed E-state index contributed by atoms with van der Waals surface area (Å²) >= 11 is 10.9. The minimum atomic E-state index is -4.56. The van der Waals surface area contributed by atoms with Crippen molar-refractivity contribution < 1.29 is 23.4 Å². The van der Waals surface area contributed by atoms with Crippen LogP contribution in [0.25, 0.3) is 0 Å². The summed E-state index contributed by atoms with van der Waals surface area (Å²) in [5.41, 5.74) is -1.06. The molecule has 0 saturated heterocycles. The minimum absolute atomic E-state index is 0.0661. The van der Waals surface area contributed by atoms with Crippen LogP contribution in [0.3, 0.4) is 0 Å². The van der Waals surface area contributed by atoms with Crippen molar-refractivity contribution in [2.45, 2.75) is 24.8 Å². The Morgan fingerprint density at radius 1 is 1.17 bits per heavy atom. The van der Waals surface area contributed by atoms with Gasteiger partial charge in [0.1, 0.15) is 6.10 Å². The van der Waals surface area contributed by atoms with Crippen LogP contribution in [0.5, 0.6) is 0 Å². The standard InChI is InChI=1S/C11H11Cl2F3O2/c12-2-1-9(17)10(18)6-3-7(11(14,15)16)5-8(13)4-6/h3-5,9-10,17-18H,1-2H2. The quantitative estimate of drug-likeness (QED) is 0.837. The van der Waals surface area contributed by atoms with Crippen LogP contribution >= 0.6 is 23.2 Å². The molecular weight excluding hydrogens is 292 g/mol. The smallest absolute Gasteiger partial charge is 0.390 e. The van der Waals surface area contributed by atoms with E-state index in [0.717, 1.165) is 12.1 Å². The summed E-state index contributed by atoms with van der Waals surface area (Å²) in [6, 6.07) is 2.69. The average Bonchev–Trinajstić information content (AvgIpc) is 2.26. The van der Waals surface area contributed by atoms with Crippen LogP contribution in [0.1, 0.15) is 23.7 Å². The Kier molecular flexibility index (Phi) is 5.28. The highest BCUT2D eigenvalue weighted by atomic mass is 35.5. The summed E-state index contributed by atoms with van der Waals surface area (Å²) in [6.07, 6.45) is -7.18. The van der Waals surface area contributed by atoms with Crippen molar-refractivity contribution in [2.24, 2.45) is 0 Å². The molecule has 0 aromatic heterocycles. The third-order valence-electron chi connectivity index (χ3n) is 2.36. The number of hydrogen-bond acceptors (Lipinski definition) is 2. The van der Waals surface area contributed by atoms with Gasteiger partial charge in [-0.1, -0.05) is 11.6 Å². The predicted octanol–water partition coefficient (Wildman–Crippen LogP) is 3.38. The van der Waals surface area contributed by atoms with E-state index in [-0.39, 0.29) is 22.9 Å². The SMILES string of the molecule is OC(CCCl)C(O)c1cc(Cl)cc(C(F)(F)F)c1. The lowest BCUT2D eigenvalue weighted by atomic mass is 10.0. The number of hydrogen-bond donors (Lipinski definition) is 2. The highest BCUT2D eigenvalue weighted by molar-refractivity contribution is 6.30. The van der Waals surface area contributed by atoms with Crippen LogP contribution in [-0.4, -0.2) is 22.2 Å². The first-order valence-corrected chi connectivity index (χ1v) is 5.96. The number of halogens is 5. The Labute approximate surface area is 112 Å². The number of alkyl halides is 4. The van der Waals surface area contributed by atoms with Crippen LogP contribution in [0, 0.1) is 0 Å². The molecule has 2 nitrogen and oxygen atoms in total. The van der Waals surface area contributed by atoms with Gasteiger partial charge < -0.3 is 10.2 Å². The number of aliphatic hydroxyl groups excluding tert-OH is 2. The summed E-state index contributed by atoms with van der Waals surface area (Å²) in [5, 5.41) is 19.0. The topological polar surface area (TPSA) is 40.5 Å². The second-order valence-corrected chi connectivity index (χ2v) is 4.58. The molecule has 2 N–H and O–H groups in total. The summed E-state index contributed by atoms with van der Waals surface area (Å²) in [4.78, 5) is 0. The third-order valence-corrected chi connectivity index (χ3v) is 2.79. The lowest BCUT2D eigenvalue weighted by molar-refractivity contribution is -0.137.